The van der Waals surface area contributed by atoms with E-state index in [0.717, 1.165) is 5.56 Å². The number of carbonyl (C=O) groups excluding carboxylic acids is 1. The third kappa shape index (κ3) is 6.02. The van der Waals surface area contributed by atoms with Gasteiger partial charge in [-0.05, 0) is 62.1 Å². The first kappa shape index (κ1) is 25.2. The molecule has 2 amide bonds. The fraction of sp³-hybridized carbons (Fsp3) is 0.227. The highest BCUT2D eigenvalue weighted by atomic mass is 79.9. The van der Waals surface area contributed by atoms with Crippen molar-refractivity contribution in [3.05, 3.63) is 69.6 Å². The van der Waals surface area contributed by atoms with Gasteiger partial charge in [-0.2, -0.15) is 0 Å². The smallest absolute Gasteiger partial charge is 0.407 e. The number of piperazine rings is 1. The van der Waals surface area contributed by atoms with Crippen molar-refractivity contribution in [3.8, 4) is 0 Å². The van der Waals surface area contributed by atoms with Gasteiger partial charge in [0.15, 0.2) is 11.5 Å². The lowest BCUT2D eigenvalue weighted by Gasteiger charge is -2.33. The quantitative estimate of drug-likeness (QED) is 0.201. The summed E-state index contributed by atoms with van der Waals surface area (Å²) in [5.74, 6) is -1.23. The number of benzene rings is 2. The highest BCUT2D eigenvalue weighted by molar-refractivity contribution is 9.10. The van der Waals surface area contributed by atoms with Gasteiger partial charge in [0.25, 0.3) is 5.91 Å². The Morgan fingerprint density at radius 2 is 1.83 bits per heavy atom. The molecule has 0 radical (unpaired) electrons. The Morgan fingerprint density at radius 3 is 2.47 bits per heavy atom. The first-order chi connectivity index (χ1) is 17.3. The van der Waals surface area contributed by atoms with Crippen LogP contribution in [0.2, 0.25) is 0 Å². The molecule has 1 aliphatic rings. The third-order valence-corrected chi connectivity index (χ3v) is 6.07. The van der Waals surface area contributed by atoms with Crippen molar-refractivity contribution in [2.75, 3.05) is 31.5 Å². The summed E-state index contributed by atoms with van der Waals surface area (Å²) in [5.41, 5.74) is 3.43. The molecule has 36 heavy (non-hydrogen) atoms. The molecule has 4 N–H and O–H groups in total. The number of carbonyl (C=O) groups is 2. The molecule has 1 aromatic heterocycles. The Labute approximate surface area is 212 Å². The number of carboxylic acid groups (broad SMARTS) is 1. The van der Waals surface area contributed by atoms with Gasteiger partial charge in [0.05, 0.1) is 10.2 Å². The zero-order chi connectivity index (χ0) is 25.7. The Morgan fingerprint density at radius 1 is 1.11 bits per heavy atom. The number of hydrogen-bond acceptors (Lipinski definition) is 8. The Balaban J connectivity index is 1.41. The predicted molar refractivity (Wildman–Crippen MR) is 129 cm³/mol. The van der Waals surface area contributed by atoms with E-state index < -0.39 is 17.8 Å². The molecule has 1 aliphatic heterocycles. The molecule has 0 spiro atoms. The summed E-state index contributed by atoms with van der Waals surface area (Å²) >= 11 is 3.06. The van der Waals surface area contributed by atoms with Gasteiger partial charge in [-0.15, -0.1) is 0 Å². The van der Waals surface area contributed by atoms with E-state index in [1.54, 1.807) is 12.1 Å². The average molecular weight is 562 g/mol. The SMILES string of the molecule is O=C(Nc1nonc1C(=Nc1ccc(F)c(Br)c1)NO)c1ccc(CN2CCN(C(=O)O)CC2)cc1. The lowest BCUT2D eigenvalue weighted by atomic mass is 10.1. The first-order valence-corrected chi connectivity index (χ1v) is 11.5. The van der Waals surface area contributed by atoms with Crippen LogP contribution in [0, 0.1) is 5.82 Å². The molecule has 2 aromatic carbocycles. The molecule has 1 saturated heterocycles. The monoisotopic (exact) mass is 561 g/mol. The maximum Gasteiger partial charge on any atom is 0.407 e. The van der Waals surface area contributed by atoms with Crippen molar-refractivity contribution in [2.24, 2.45) is 4.99 Å². The maximum absolute atomic E-state index is 13.5. The second-order valence-electron chi connectivity index (χ2n) is 7.83. The van der Waals surface area contributed by atoms with Crippen LogP contribution in [-0.2, 0) is 6.54 Å². The number of halogens is 2. The van der Waals surface area contributed by atoms with Crippen LogP contribution in [-0.4, -0.2) is 74.4 Å². The summed E-state index contributed by atoms with van der Waals surface area (Å²) in [7, 11) is 0. The molecular formula is C22H21BrFN7O5. The molecule has 0 unspecified atom stereocenters. The van der Waals surface area contributed by atoms with E-state index in [9.17, 15) is 19.2 Å². The molecule has 2 heterocycles. The number of nitrogens with one attached hydrogen (secondary N) is 2. The normalized spacial score (nSPS) is 14.5. The number of hydroxylamine groups is 1. The highest BCUT2D eigenvalue weighted by Crippen LogP contribution is 2.23. The van der Waals surface area contributed by atoms with Gasteiger partial charge < -0.3 is 15.3 Å². The maximum atomic E-state index is 13.5. The Kier molecular flexibility index (Phi) is 7.87. The molecular weight excluding hydrogens is 541 g/mol. The van der Waals surface area contributed by atoms with Crippen molar-refractivity contribution in [3.63, 3.8) is 0 Å². The second-order valence-corrected chi connectivity index (χ2v) is 8.68. The van der Waals surface area contributed by atoms with Gasteiger partial charge in [0, 0.05) is 38.3 Å². The van der Waals surface area contributed by atoms with E-state index in [1.807, 2.05) is 17.6 Å². The summed E-state index contributed by atoms with van der Waals surface area (Å²) in [5, 5.41) is 28.5. The molecule has 188 valence electrons. The molecule has 0 atom stereocenters. The van der Waals surface area contributed by atoms with Crippen LogP contribution in [0.4, 0.5) is 20.7 Å². The Bertz CT molecular complexity index is 1280. The summed E-state index contributed by atoms with van der Waals surface area (Å²) < 4.78 is 18.4. The van der Waals surface area contributed by atoms with Crippen LogP contribution in [0.3, 0.4) is 0 Å². The van der Waals surface area contributed by atoms with E-state index in [4.69, 9.17) is 9.74 Å². The molecule has 1 fully saturated rings. The van der Waals surface area contributed by atoms with Crippen molar-refractivity contribution >= 4 is 45.3 Å². The number of hydrogen-bond donors (Lipinski definition) is 4. The van der Waals surface area contributed by atoms with Gasteiger partial charge in [0.1, 0.15) is 5.82 Å². The zero-order valence-corrected chi connectivity index (χ0v) is 20.3. The number of aliphatic imine (C=N–C) groups is 1. The second kappa shape index (κ2) is 11.2. The fourth-order valence-electron chi connectivity index (χ4n) is 3.54. The van der Waals surface area contributed by atoms with Crippen LogP contribution >= 0.6 is 15.9 Å². The number of amides is 2. The minimum atomic E-state index is -0.910. The minimum Gasteiger partial charge on any atom is -0.465 e. The van der Waals surface area contributed by atoms with Crippen molar-refractivity contribution < 1.29 is 28.9 Å². The molecule has 14 heteroatoms. The molecule has 0 saturated carbocycles. The summed E-state index contributed by atoms with van der Waals surface area (Å²) in [4.78, 5) is 31.5. The number of amidine groups is 1. The third-order valence-electron chi connectivity index (χ3n) is 5.46. The van der Waals surface area contributed by atoms with Crippen LogP contribution in [0.25, 0.3) is 0 Å². The lowest BCUT2D eigenvalue weighted by Crippen LogP contribution is -2.47. The highest BCUT2D eigenvalue weighted by Gasteiger charge is 2.21. The molecule has 12 nitrogen and oxygen atoms in total. The van der Waals surface area contributed by atoms with Crippen LogP contribution in [0.1, 0.15) is 21.6 Å². The van der Waals surface area contributed by atoms with Crippen LogP contribution in [0.15, 0.2) is 56.6 Å². The largest absolute Gasteiger partial charge is 0.465 e. The molecule has 0 bridgehead atoms. The van der Waals surface area contributed by atoms with Crippen LogP contribution in [0.5, 0.6) is 0 Å². The van der Waals surface area contributed by atoms with Gasteiger partial charge in [-0.3, -0.25) is 20.4 Å². The first-order valence-electron chi connectivity index (χ1n) is 10.7. The van der Waals surface area contributed by atoms with Gasteiger partial charge >= 0.3 is 6.09 Å². The molecule has 3 aromatic rings. The minimum absolute atomic E-state index is 0.0663. The van der Waals surface area contributed by atoms with Gasteiger partial charge in [-0.1, -0.05) is 12.1 Å². The standard InChI is InChI=1S/C22H21BrFN7O5/c23-16-11-15(5-6-17(16)24)25-19(27-35)18-20(29-36-28-18)26-21(32)14-3-1-13(2-4-14)12-30-7-9-31(10-8-30)22(33)34/h1-6,11,35H,7-10,12H2,(H,25,27)(H,33,34)(H,26,29,32). The molecule has 4 rings (SSSR count). The van der Waals surface area contributed by atoms with E-state index >= 15 is 0 Å². The van der Waals surface area contributed by atoms with E-state index in [0.29, 0.717) is 44.0 Å². The fourth-order valence-corrected chi connectivity index (χ4v) is 3.90. The zero-order valence-electron chi connectivity index (χ0n) is 18.7. The Hall–Kier alpha value is -3.88. The van der Waals surface area contributed by atoms with Gasteiger partial charge in [-0.25, -0.2) is 18.8 Å². The summed E-state index contributed by atoms with van der Waals surface area (Å²) in [6, 6.07) is 10.9. The summed E-state index contributed by atoms with van der Waals surface area (Å²) in [6.07, 6.45) is -0.910. The van der Waals surface area contributed by atoms with Gasteiger partial charge in [0.2, 0.25) is 5.82 Å². The van der Waals surface area contributed by atoms with Crippen molar-refractivity contribution in [1.82, 2.24) is 25.6 Å². The number of anilines is 1. The lowest BCUT2D eigenvalue weighted by molar-refractivity contribution is 0.102. The van der Waals surface area contributed by atoms with Crippen LogP contribution < -0.4 is 10.8 Å². The van der Waals surface area contributed by atoms with E-state index in [2.05, 4.69) is 41.5 Å². The number of nitrogens with zero attached hydrogens (tertiary/aromatic N) is 5. The molecule has 0 aliphatic carbocycles. The van der Waals surface area contributed by atoms with Crippen molar-refractivity contribution in [2.45, 2.75) is 6.54 Å². The van der Waals surface area contributed by atoms with E-state index in [-0.39, 0.29) is 21.8 Å². The number of rotatable bonds is 6. The number of aromatic nitrogens is 2. The average Bonchev–Trinajstić information content (AvgIpc) is 3.33. The summed E-state index contributed by atoms with van der Waals surface area (Å²) in [6.45, 7) is 2.81. The topological polar surface area (TPSA) is 156 Å². The van der Waals surface area contributed by atoms with E-state index in [1.165, 1.54) is 23.1 Å². The van der Waals surface area contributed by atoms with Crippen molar-refractivity contribution in [1.29, 1.82) is 0 Å². The predicted octanol–water partition coefficient (Wildman–Crippen LogP) is 3.08.